The maximum Gasteiger partial charge on any atom is 0.349 e. The minimum atomic E-state index is -0.792. The summed E-state index contributed by atoms with van der Waals surface area (Å²) in [5.74, 6) is -0.750. The summed E-state index contributed by atoms with van der Waals surface area (Å²) in [6, 6.07) is -0.372. The number of halogens is 1. The zero-order valence-electron chi connectivity index (χ0n) is 15.0. The average molecular weight is 415 g/mol. The second kappa shape index (κ2) is 6.54. The van der Waals surface area contributed by atoms with Crippen molar-refractivity contribution in [2.24, 2.45) is 5.92 Å². The number of hydrogen-bond donors (Lipinski definition) is 0. The van der Waals surface area contributed by atoms with Gasteiger partial charge in [-0.2, -0.15) is 4.98 Å². The number of amides is 1. The van der Waals surface area contributed by atoms with Crippen LogP contribution in [0.15, 0.2) is 5.16 Å². The average Bonchev–Trinajstić information content (AvgIpc) is 3.18. The van der Waals surface area contributed by atoms with Crippen LogP contribution in [0.1, 0.15) is 33.6 Å². The van der Waals surface area contributed by atoms with Crippen LogP contribution in [0.2, 0.25) is 5.15 Å². The van der Waals surface area contributed by atoms with E-state index in [1.807, 2.05) is 6.92 Å². The van der Waals surface area contributed by atoms with Gasteiger partial charge in [-0.05, 0) is 26.7 Å². The van der Waals surface area contributed by atoms with Crippen molar-refractivity contribution in [1.82, 2.24) is 9.97 Å². The minimum Gasteiger partial charge on any atom is -0.344 e. The fourth-order valence-corrected chi connectivity index (χ4v) is 5.01. The molecule has 1 amide bonds. The fourth-order valence-electron chi connectivity index (χ4n) is 4.03. The summed E-state index contributed by atoms with van der Waals surface area (Å²) in [6.45, 7) is 5.59. The molecule has 11 heteroatoms. The van der Waals surface area contributed by atoms with E-state index in [2.05, 4.69) is 9.97 Å². The quantitative estimate of drug-likeness (QED) is 0.238. The van der Waals surface area contributed by atoms with Crippen LogP contribution >= 0.6 is 23.4 Å². The normalized spacial score (nSPS) is 30.8. The smallest absolute Gasteiger partial charge is 0.344 e. The van der Waals surface area contributed by atoms with Crippen molar-refractivity contribution in [3.63, 3.8) is 0 Å². The molecule has 4 rings (SSSR count). The number of rotatable bonds is 5. The number of thioether (sulfide) groups is 1. The Balaban J connectivity index is 1.75. The molecule has 27 heavy (non-hydrogen) atoms. The number of aromatic nitrogens is 2. The third-order valence-electron chi connectivity index (χ3n) is 4.97. The predicted molar refractivity (Wildman–Crippen MR) is 97.9 cm³/mol. The monoisotopic (exact) mass is 414 g/mol. The molecule has 9 nitrogen and oxygen atoms in total. The molecule has 1 aromatic rings. The van der Waals surface area contributed by atoms with Crippen LogP contribution in [0.25, 0.3) is 0 Å². The first-order valence-electron chi connectivity index (χ1n) is 8.77. The van der Waals surface area contributed by atoms with Crippen LogP contribution in [0.4, 0.5) is 11.5 Å². The Kier molecular flexibility index (Phi) is 4.57. The molecule has 3 heterocycles. The van der Waals surface area contributed by atoms with Crippen LogP contribution in [-0.2, 0) is 14.3 Å². The Bertz CT molecular complexity index is 822. The lowest BCUT2D eigenvalue weighted by molar-refractivity contribution is -0.384. The van der Waals surface area contributed by atoms with Crippen molar-refractivity contribution in [2.75, 3.05) is 10.7 Å². The van der Waals surface area contributed by atoms with E-state index in [4.69, 9.17) is 21.1 Å². The standard InChI is InChI=1S/C16H19ClN4O5S/c1-4-5-27-15-18-12(17)9(21(23)24)13(19-15)20-8-6-7(14(20)22)10-11(8)26-16(2,3)25-10/h7-8,10-11H,4-6H2,1-3H3/t7-,8+,10+,11-/m0/s1. The molecule has 3 fully saturated rings. The van der Waals surface area contributed by atoms with Crippen molar-refractivity contribution in [3.8, 4) is 0 Å². The zero-order valence-corrected chi connectivity index (χ0v) is 16.6. The Morgan fingerprint density at radius 1 is 1.37 bits per heavy atom. The summed E-state index contributed by atoms with van der Waals surface area (Å²) in [4.78, 5) is 33.7. The molecule has 2 aliphatic heterocycles. The largest absolute Gasteiger partial charge is 0.349 e. The van der Waals surface area contributed by atoms with Gasteiger partial charge in [-0.15, -0.1) is 0 Å². The second-order valence-electron chi connectivity index (χ2n) is 7.26. The first-order chi connectivity index (χ1) is 12.7. The van der Waals surface area contributed by atoms with Gasteiger partial charge < -0.3 is 9.47 Å². The van der Waals surface area contributed by atoms with Crippen LogP contribution in [0, 0.1) is 16.0 Å². The summed E-state index contributed by atoms with van der Waals surface area (Å²) in [6.07, 6.45) is 0.720. The highest BCUT2D eigenvalue weighted by Crippen LogP contribution is 2.51. The minimum absolute atomic E-state index is 0.0529. The molecule has 0 radical (unpaired) electrons. The van der Waals surface area contributed by atoms with Crippen LogP contribution < -0.4 is 4.90 Å². The topological polar surface area (TPSA) is 108 Å². The number of piperidine rings is 1. The Labute approximate surface area is 164 Å². The molecule has 0 spiro atoms. The van der Waals surface area contributed by atoms with Gasteiger partial charge in [0.15, 0.2) is 10.9 Å². The summed E-state index contributed by atoms with van der Waals surface area (Å²) in [5.41, 5.74) is -0.451. The van der Waals surface area contributed by atoms with Gasteiger partial charge in [0.25, 0.3) is 0 Å². The molecular weight excluding hydrogens is 396 g/mol. The van der Waals surface area contributed by atoms with Gasteiger partial charge >= 0.3 is 5.69 Å². The number of nitro groups is 1. The van der Waals surface area contributed by atoms with Gasteiger partial charge in [-0.25, -0.2) is 4.98 Å². The Hall–Kier alpha value is -1.49. The fraction of sp³-hybridized carbons (Fsp3) is 0.688. The maximum absolute atomic E-state index is 13.0. The molecule has 146 valence electrons. The number of anilines is 1. The summed E-state index contributed by atoms with van der Waals surface area (Å²) in [5, 5.41) is 11.7. The van der Waals surface area contributed by atoms with Crippen molar-refractivity contribution in [3.05, 3.63) is 15.3 Å². The Morgan fingerprint density at radius 3 is 2.74 bits per heavy atom. The lowest BCUT2D eigenvalue weighted by atomic mass is 10.0. The molecule has 1 aliphatic carbocycles. The van der Waals surface area contributed by atoms with E-state index in [1.165, 1.54) is 16.7 Å². The molecule has 0 N–H and O–H groups in total. The van der Waals surface area contributed by atoms with Crippen molar-refractivity contribution < 1.29 is 19.2 Å². The third-order valence-corrected chi connectivity index (χ3v) is 6.29. The van der Waals surface area contributed by atoms with Gasteiger partial charge in [0, 0.05) is 5.75 Å². The van der Waals surface area contributed by atoms with E-state index in [0.717, 1.165) is 12.2 Å². The van der Waals surface area contributed by atoms with E-state index < -0.39 is 22.3 Å². The van der Waals surface area contributed by atoms with E-state index in [9.17, 15) is 14.9 Å². The van der Waals surface area contributed by atoms with Crippen molar-refractivity contribution in [1.29, 1.82) is 0 Å². The van der Waals surface area contributed by atoms with Crippen LogP contribution in [-0.4, -0.2) is 50.6 Å². The molecular formula is C16H19ClN4O5S. The first kappa shape index (κ1) is 18.9. The highest BCUT2D eigenvalue weighted by Gasteiger charge is 2.65. The molecule has 0 unspecified atom stereocenters. The molecule has 4 atom stereocenters. The summed E-state index contributed by atoms with van der Waals surface area (Å²) in [7, 11) is 0. The van der Waals surface area contributed by atoms with Crippen molar-refractivity contribution in [2.45, 2.75) is 62.8 Å². The van der Waals surface area contributed by atoms with E-state index in [0.29, 0.717) is 11.6 Å². The van der Waals surface area contributed by atoms with Gasteiger partial charge in [0.1, 0.15) is 12.2 Å². The SMILES string of the molecule is CCCSc1nc(Cl)c([N+](=O)[O-])c(N2C(=O)[C@H]3C[C@@H]2[C@@H]2OC(C)(C)O[C@@H]23)n1. The third kappa shape index (κ3) is 2.98. The van der Waals surface area contributed by atoms with Gasteiger partial charge in [-0.3, -0.25) is 19.8 Å². The highest BCUT2D eigenvalue weighted by atomic mass is 35.5. The number of nitrogens with zero attached hydrogens (tertiary/aromatic N) is 4. The first-order valence-corrected chi connectivity index (χ1v) is 10.1. The van der Waals surface area contributed by atoms with Crippen LogP contribution in [0.5, 0.6) is 0 Å². The maximum atomic E-state index is 13.0. The molecule has 1 saturated carbocycles. The van der Waals surface area contributed by atoms with Gasteiger partial charge in [0.05, 0.1) is 16.9 Å². The molecule has 3 aliphatic rings. The zero-order chi connectivity index (χ0) is 19.5. The number of ether oxygens (including phenoxy) is 2. The lowest BCUT2D eigenvalue weighted by Gasteiger charge is -2.31. The van der Waals surface area contributed by atoms with E-state index >= 15 is 0 Å². The molecule has 2 bridgehead atoms. The molecule has 0 aromatic carbocycles. The van der Waals surface area contributed by atoms with E-state index in [1.54, 1.807) is 13.8 Å². The predicted octanol–water partition coefficient (Wildman–Crippen LogP) is 2.80. The highest BCUT2D eigenvalue weighted by molar-refractivity contribution is 7.99. The lowest BCUT2D eigenvalue weighted by Crippen LogP contribution is -2.51. The summed E-state index contributed by atoms with van der Waals surface area (Å²) < 4.78 is 11.8. The van der Waals surface area contributed by atoms with Gasteiger partial charge in [-0.1, -0.05) is 30.3 Å². The summed E-state index contributed by atoms with van der Waals surface area (Å²) >= 11 is 7.44. The second-order valence-corrected chi connectivity index (χ2v) is 8.68. The number of carbonyl (C=O) groups is 1. The van der Waals surface area contributed by atoms with E-state index in [-0.39, 0.29) is 35.1 Å². The van der Waals surface area contributed by atoms with Gasteiger partial charge in [0.2, 0.25) is 16.9 Å². The number of carbonyl (C=O) groups excluding carboxylic acids is 1. The Morgan fingerprint density at radius 2 is 2.07 bits per heavy atom. The number of fused-ring (bicyclic) bond motifs is 5. The number of hydrogen-bond acceptors (Lipinski definition) is 8. The van der Waals surface area contributed by atoms with Crippen LogP contribution in [0.3, 0.4) is 0 Å². The van der Waals surface area contributed by atoms with Crippen molar-refractivity contribution >= 4 is 40.8 Å². The molecule has 1 aromatic heterocycles. The molecule has 2 saturated heterocycles.